The van der Waals surface area contributed by atoms with Crippen molar-refractivity contribution in [2.45, 2.75) is 6.92 Å². The molecule has 0 heterocycles. The average Bonchev–Trinajstić information content (AvgIpc) is 1.89. The van der Waals surface area contributed by atoms with Gasteiger partial charge in [-0.15, -0.1) is 0 Å². The molecule has 0 aromatic rings. The summed E-state index contributed by atoms with van der Waals surface area (Å²) in [4.78, 5) is 3.95. The van der Waals surface area contributed by atoms with Crippen LogP contribution in [0.4, 0.5) is 0 Å². The van der Waals surface area contributed by atoms with Gasteiger partial charge in [0.2, 0.25) is 0 Å². The monoisotopic (exact) mass is 158 g/mol. The number of allylic oxidation sites excluding steroid dienone is 2. The molecule has 56 valence electrons. The van der Waals surface area contributed by atoms with Gasteiger partial charge in [-0.3, -0.25) is 0 Å². The van der Waals surface area contributed by atoms with Gasteiger partial charge in [0.25, 0.3) is 0 Å². The molecule has 0 spiro atoms. The zero-order valence-electron chi connectivity index (χ0n) is 6.19. The van der Waals surface area contributed by atoms with Crippen LogP contribution in [-0.4, -0.2) is 13.3 Å². The molecular formula is C7H11ClN2. The van der Waals surface area contributed by atoms with Crippen molar-refractivity contribution in [2.75, 3.05) is 7.05 Å². The maximum Gasteiger partial charge on any atom is 0.140 e. The van der Waals surface area contributed by atoms with Crippen molar-refractivity contribution in [3.8, 4) is 0 Å². The van der Waals surface area contributed by atoms with E-state index in [0.717, 1.165) is 0 Å². The predicted molar refractivity (Wildman–Crippen MR) is 46.3 cm³/mol. The van der Waals surface area contributed by atoms with Gasteiger partial charge in [0.1, 0.15) is 5.82 Å². The third-order valence-corrected chi connectivity index (χ3v) is 1.05. The quantitative estimate of drug-likeness (QED) is 0.624. The summed E-state index contributed by atoms with van der Waals surface area (Å²) < 4.78 is 0. The summed E-state index contributed by atoms with van der Waals surface area (Å²) in [6.45, 7) is 5.26. The smallest absolute Gasteiger partial charge is 0.140 e. The summed E-state index contributed by atoms with van der Waals surface area (Å²) in [6, 6.07) is 0. The molecule has 0 aromatic carbocycles. The van der Waals surface area contributed by atoms with E-state index in [9.17, 15) is 0 Å². The van der Waals surface area contributed by atoms with Crippen LogP contribution in [0.1, 0.15) is 6.92 Å². The largest absolute Gasteiger partial charge is 0.372 e. The lowest BCUT2D eigenvalue weighted by molar-refractivity contribution is 0.957. The zero-order chi connectivity index (χ0) is 7.98. The molecule has 0 saturated heterocycles. The topological polar surface area (TPSA) is 24.4 Å². The third kappa shape index (κ3) is 3.30. The van der Waals surface area contributed by atoms with E-state index in [4.69, 9.17) is 11.6 Å². The highest BCUT2D eigenvalue weighted by atomic mass is 35.5. The van der Waals surface area contributed by atoms with E-state index < -0.39 is 0 Å². The first kappa shape index (κ1) is 9.24. The Hall–Kier alpha value is -0.760. The van der Waals surface area contributed by atoms with E-state index in [-0.39, 0.29) is 0 Å². The fourth-order valence-electron chi connectivity index (χ4n) is 0.453. The molecule has 10 heavy (non-hydrogen) atoms. The molecule has 0 atom stereocenters. The van der Waals surface area contributed by atoms with Crippen LogP contribution in [0.15, 0.2) is 28.5 Å². The van der Waals surface area contributed by atoms with Gasteiger partial charge in [0, 0.05) is 13.3 Å². The van der Waals surface area contributed by atoms with E-state index >= 15 is 0 Å². The van der Waals surface area contributed by atoms with E-state index in [1.165, 1.54) is 0 Å². The molecule has 0 aliphatic heterocycles. The highest BCUT2D eigenvalue weighted by Crippen LogP contribution is 2.04. The van der Waals surface area contributed by atoms with E-state index in [0.29, 0.717) is 10.9 Å². The predicted octanol–water partition coefficient (Wildman–Crippen LogP) is 1.89. The van der Waals surface area contributed by atoms with Gasteiger partial charge in [-0.2, -0.15) is 0 Å². The minimum atomic E-state index is 0.639. The number of rotatable bonds is 3. The van der Waals surface area contributed by atoms with Crippen LogP contribution in [-0.2, 0) is 0 Å². The second kappa shape index (κ2) is 5.06. The molecule has 0 rings (SSSR count). The lowest BCUT2D eigenvalue weighted by Gasteiger charge is -1.98. The van der Waals surface area contributed by atoms with Crippen molar-refractivity contribution in [3.63, 3.8) is 0 Å². The number of aliphatic imine (C=N–C) groups is 1. The number of nitrogens with one attached hydrogen (secondary N) is 1. The second-order valence-electron chi connectivity index (χ2n) is 1.65. The Kier molecular flexibility index (Phi) is 4.67. The Morgan fingerprint density at radius 1 is 1.70 bits per heavy atom. The van der Waals surface area contributed by atoms with Crippen molar-refractivity contribution in [1.82, 2.24) is 5.32 Å². The molecule has 0 amide bonds. The minimum absolute atomic E-state index is 0.639. The SMILES string of the molecule is C=CC=N/C(NC)=C(\C)Cl. The van der Waals surface area contributed by atoms with Crippen molar-refractivity contribution >= 4 is 17.8 Å². The van der Waals surface area contributed by atoms with Crippen molar-refractivity contribution < 1.29 is 0 Å². The third-order valence-electron chi connectivity index (χ3n) is 0.872. The molecule has 0 aliphatic carbocycles. The van der Waals surface area contributed by atoms with Crippen LogP contribution < -0.4 is 5.32 Å². The molecular weight excluding hydrogens is 148 g/mol. The van der Waals surface area contributed by atoms with Crippen LogP contribution in [0.25, 0.3) is 0 Å². The number of nitrogens with zero attached hydrogens (tertiary/aromatic N) is 1. The molecule has 0 radical (unpaired) electrons. The molecule has 1 N–H and O–H groups in total. The Labute approximate surface area is 66.3 Å². The Balaban J connectivity index is 4.23. The lowest BCUT2D eigenvalue weighted by Crippen LogP contribution is -2.04. The summed E-state index contributed by atoms with van der Waals surface area (Å²) in [7, 11) is 1.77. The molecule has 3 heteroatoms. The standard InChI is InChI=1S/C7H11ClN2/c1-4-5-10-7(9-3)6(2)8/h4-5,9H,1H2,2-3H3/b7-6+,10-5?. The van der Waals surface area contributed by atoms with Crippen LogP contribution in [0.3, 0.4) is 0 Å². The molecule has 2 nitrogen and oxygen atoms in total. The summed E-state index contributed by atoms with van der Waals surface area (Å²) >= 11 is 5.65. The van der Waals surface area contributed by atoms with Crippen LogP contribution >= 0.6 is 11.6 Å². The fourth-order valence-corrected chi connectivity index (χ4v) is 0.596. The highest BCUT2D eigenvalue weighted by Gasteiger charge is 1.90. The van der Waals surface area contributed by atoms with E-state index in [1.807, 2.05) is 0 Å². The van der Waals surface area contributed by atoms with Gasteiger partial charge in [0.15, 0.2) is 0 Å². The number of halogens is 1. The Bertz CT molecular complexity index is 166. The average molecular weight is 159 g/mol. The van der Waals surface area contributed by atoms with Gasteiger partial charge in [-0.05, 0) is 6.92 Å². The molecule has 0 aliphatic rings. The maximum atomic E-state index is 5.65. The molecule has 0 fully saturated rings. The van der Waals surface area contributed by atoms with Gasteiger partial charge in [0.05, 0.1) is 5.03 Å². The maximum absolute atomic E-state index is 5.65. The van der Waals surface area contributed by atoms with Gasteiger partial charge in [-0.25, -0.2) is 4.99 Å². The zero-order valence-corrected chi connectivity index (χ0v) is 6.94. The lowest BCUT2D eigenvalue weighted by atomic mass is 10.6. The van der Waals surface area contributed by atoms with Gasteiger partial charge in [-0.1, -0.05) is 24.3 Å². The van der Waals surface area contributed by atoms with Crippen LogP contribution in [0.5, 0.6) is 0 Å². The second-order valence-corrected chi connectivity index (χ2v) is 2.21. The summed E-state index contributed by atoms with van der Waals surface area (Å²) in [5.41, 5.74) is 0. The number of hydrogen-bond donors (Lipinski definition) is 1. The Morgan fingerprint density at radius 2 is 2.30 bits per heavy atom. The first-order valence-electron chi connectivity index (χ1n) is 2.91. The van der Waals surface area contributed by atoms with Gasteiger partial charge < -0.3 is 5.32 Å². The molecule has 0 unspecified atom stereocenters. The fraction of sp³-hybridized carbons (Fsp3) is 0.286. The first-order valence-corrected chi connectivity index (χ1v) is 3.29. The van der Waals surface area contributed by atoms with Crippen LogP contribution in [0.2, 0.25) is 0 Å². The summed E-state index contributed by atoms with van der Waals surface area (Å²) in [5.74, 6) is 0.668. The minimum Gasteiger partial charge on any atom is -0.372 e. The molecule has 0 bridgehead atoms. The number of hydrogen-bond acceptors (Lipinski definition) is 2. The van der Waals surface area contributed by atoms with E-state index in [1.54, 1.807) is 26.3 Å². The Morgan fingerprint density at radius 3 is 2.60 bits per heavy atom. The normalized spacial score (nSPS) is 13.1. The summed E-state index contributed by atoms with van der Waals surface area (Å²) in [6.07, 6.45) is 3.18. The molecule has 0 saturated carbocycles. The molecule has 0 aromatic heterocycles. The first-order chi connectivity index (χ1) is 4.72. The van der Waals surface area contributed by atoms with Crippen LogP contribution in [0, 0.1) is 0 Å². The van der Waals surface area contributed by atoms with Crippen molar-refractivity contribution in [3.05, 3.63) is 23.5 Å². The van der Waals surface area contributed by atoms with Crippen molar-refractivity contribution in [1.29, 1.82) is 0 Å². The van der Waals surface area contributed by atoms with Crippen molar-refractivity contribution in [2.24, 2.45) is 4.99 Å². The highest BCUT2D eigenvalue weighted by molar-refractivity contribution is 6.29. The summed E-state index contributed by atoms with van der Waals surface area (Å²) in [5, 5.41) is 3.48. The van der Waals surface area contributed by atoms with E-state index in [2.05, 4.69) is 16.9 Å². The van der Waals surface area contributed by atoms with Gasteiger partial charge >= 0.3 is 0 Å².